The van der Waals surface area contributed by atoms with Crippen molar-refractivity contribution < 1.29 is 4.39 Å². The Hall–Kier alpha value is -1.42. The maximum absolute atomic E-state index is 12.6. The van der Waals surface area contributed by atoms with Gasteiger partial charge < -0.3 is 10.6 Å². The predicted octanol–water partition coefficient (Wildman–Crippen LogP) is 2.69. The second-order valence-electron chi connectivity index (χ2n) is 3.27. The van der Waals surface area contributed by atoms with Gasteiger partial charge in [0, 0.05) is 12.2 Å². The van der Waals surface area contributed by atoms with Crippen LogP contribution in [0.15, 0.2) is 36.4 Å². The van der Waals surface area contributed by atoms with Crippen LogP contribution < -0.4 is 10.6 Å². The number of hydrogen-bond donors (Lipinski definition) is 2. The highest BCUT2D eigenvalue weighted by atomic mass is 32.1. The van der Waals surface area contributed by atoms with Gasteiger partial charge in [-0.3, -0.25) is 0 Å². The van der Waals surface area contributed by atoms with Gasteiger partial charge >= 0.3 is 0 Å². The van der Waals surface area contributed by atoms with E-state index >= 15 is 0 Å². The summed E-state index contributed by atoms with van der Waals surface area (Å²) in [6, 6.07) is 6.02. The van der Waals surface area contributed by atoms with Crippen molar-refractivity contribution in [3.05, 3.63) is 42.2 Å². The Morgan fingerprint density at radius 3 is 2.53 bits per heavy atom. The Morgan fingerprint density at radius 1 is 1.40 bits per heavy atom. The zero-order valence-electron chi connectivity index (χ0n) is 8.51. The molecule has 0 saturated heterocycles. The lowest BCUT2D eigenvalue weighted by Gasteiger charge is -2.09. The molecule has 2 N–H and O–H groups in total. The molecule has 0 heterocycles. The molecular weight excluding hydrogens is 211 g/mol. The van der Waals surface area contributed by atoms with Gasteiger partial charge in [0.15, 0.2) is 5.11 Å². The van der Waals surface area contributed by atoms with Crippen molar-refractivity contribution >= 4 is 23.0 Å². The molecular formula is C11H13FN2S. The summed E-state index contributed by atoms with van der Waals surface area (Å²) >= 11 is 5.03. The highest BCUT2D eigenvalue weighted by molar-refractivity contribution is 7.80. The second kappa shape index (κ2) is 5.46. The summed E-state index contributed by atoms with van der Waals surface area (Å²) in [5.74, 6) is -0.263. The summed E-state index contributed by atoms with van der Waals surface area (Å²) in [6.07, 6.45) is 0. The van der Waals surface area contributed by atoms with Crippen LogP contribution in [0.5, 0.6) is 0 Å². The highest BCUT2D eigenvalue weighted by Crippen LogP contribution is 2.07. The van der Waals surface area contributed by atoms with Gasteiger partial charge in [0.2, 0.25) is 0 Å². The number of thiocarbonyl (C=S) groups is 1. The zero-order valence-corrected chi connectivity index (χ0v) is 9.33. The zero-order chi connectivity index (χ0) is 11.3. The van der Waals surface area contributed by atoms with Crippen molar-refractivity contribution in [1.29, 1.82) is 0 Å². The third-order valence-corrected chi connectivity index (χ3v) is 1.90. The normalized spacial score (nSPS) is 9.47. The summed E-state index contributed by atoms with van der Waals surface area (Å²) in [7, 11) is 0. The fourth-order valence-electron chi connectivity index (χ4n) is 0.940. The SMILES string of the molecule is C=C(C)CNC(=S)Nc1ccc(F)cc1. The first-order valence-corrected chi connectivity index (χ1v) is 4.93. The minimum Gasteiger partial charge on any atom is -0.359 e. The fourth-order valence-corrected chi connectivity index (χ4v) is 1.13. The number of rotatable bonds is 3. The third-order valence-electron chi connectivity index (χ3n) is 1.65. The van der Waals surface area contributed by atoms with Crippen LogP contribution >= 0.6 is 12.2 Å². The number of hydrogen-bond acceptors (Lipinski definition) is 1. The van der Waals surface area contributed by atoms with Crippen molar-refractivity contribution in [2.75, 3.05) is 11.9 Å². The van der Waals surface area contributed by atoms with E-state index < -0.39 is 0 Å². The van der Waals surface area contributed by atoms with E-state index in [-0.39, 0.29) is 5.82 Å². The van der Waals surface area contributed by atoms with Crippen LogP contribution in [-0.4, -0.2) is 11.7 Å². The van der Waals surface area contributed by atoms with Gasteiger partial charge in [0.05, 0.1) is 0 Å². The average Bonchev–Trinajstić information content (AvgIpc) is 2.19. The van der Waals surface area contributed by atoms with Crippen molar-refractivity contribution in [1.82, 2.24) is 5.32 Å². The van der Waals surface area contributed by atoms with Crippen LogP contribution in [0.25, 0.3) is 0 Å². The molecule has 0 unspecified atom stereocenters. The number of anilines is 1. The van der Waals surface area contributed by atoms with Crippen LogP contribution in [0.2, 0.25) is 0 Å². The van der Waals surface area contributed by atoms with Gasteiger partial charge in [-0.05, 0) is 43.4 Å². The molecule has 1 aromatic rings. The van der Waals surface area contributed by atoms with Crippen molar-refractivity contribution in [3.8, 4) is 0 Å². The molecule has 0 radical (unpaired) electrons. The van der Waals surface area contributed by atoms with E-state index in [9.17, 15) is 4.39 Å². The molecule has 0 saturated carbocycles. The Balaban J connectivity index is 2.44. The van der Waals surface area contributed by atoms with Crippen LogP contribution in [0, 0.1) is 5.82 Å². The molecule has 1 rings (SSSR count). The lowest BCUT2D eigenvalue weighted by atomic mass is 10.3. The molecule has 0 aromatic heterocycles. The largest absolute Gasteiger partial charge is 0.359 e. The van der Waals surface area contributed by atoms with Crippen molar-refractivity contribution in [2.45, 2.75) is 6.92 Å². The van der Waals surface area contributed by atoms with Gasteiger partial charge in [-0.2, -0.15) is 0 Å². The Bertz CT molecular complexity index is 359. The number of benzene rings is 1. The third kappa shape index (κ3) is 4.56. The van der Waals surface area contributed by atoms with E-state index in [1.165, 1.54) is 12.1 Å². The molecule has 0 aliphatic carbocycles. The van der Waals surface area contributed by atoms with Crippen LogP contribution in [0.1, 0.15) is 6.92 Å². The maximum atomic E-state index is 12.6. The molecule has 0 fully saturated rings. The fraction of sp³-hybridized carbons (Fsp3) is 0.182. The standard InChI is InChI=1S/C11H13FN2S/c1-8(2)7-13-11(15)14-10-5-3-9(12)4-6-10/h3-6H,1,7H2,2H3,(H2,13,14,15). The molecule has 80 valence electrons. The van der Waals surface area contributed by atoms with E-state index in [1.54, 1.807) is 12.1 Å². The lowest BCUT2D eigenvalue weighted by molar-refractivity contribution is 0.628. The summed E-state index contributed by atoms with van der Waals surface area (Å²) in [5.41, 5.74) is 1.76. The van der Waals surface area contributed by atoms with E-state index in [0.717, 1.165) is 11.3 Å². The van der Waals surface area contributed by atoms with Gasteiger partial charge in [-0.1, -0.05) is 12.2 Å². The predicted molar refractivity (Wildman–Crippen MR) is 65.4 cm³/mol. The molecule has 1 aromatic carbocycles. The van der Waals surface area contributed by atoms with E-state index in [0.29, 0.717) is 11.7 Å². The van der Waals surface area contributed by atoms with E-state index in [2.05, 4.69) is 17.2 Å². The number of halogens is 1. The average molecular weight is 224 g/mol. The first-order chi connectivity index (χ1) is 7.08. The van der Waals surface area contributed by atoms with E-state index in [4.69, 9.17) is 12.2 Å². The second-order valence-corrected chi connectivity index (χ2v) is 3.68. The Kier molecular flexibility index (Phi) is 4.24. The molecule has 2 nitrogen and oxygen atoms in total. The summed E-state index contributed by atoms with van der Waals surface area (Å²) in [5, 5.41) is 6.41. The molecule has 0 aliphatic rings. The van der Waals surface area contributed by atoms with Crippen LogP contribution in [-0.2, 0) is 0 Å². The topological polar surface area (TPSA) is 24.1 Å². The molecule has 15 heavy (non-hydrogen) atoms. The van der Waals surface area contributed by atoms with Crippen LogP contribution in [0.3, 0.4) is 0 Å². The Labute approximate surface area is 94.2 Å². The molecule has 0 amide bonds. The maximum Gasteiger partial charge on any atom is 0.171 e. The summed E-state index contributed by atoms with van der Waals surface area (Å²) in [6.45, 7) is 6.29. The van der Waals surface area contributed by atoms with Crippen molar-refractivity contribution in [2.24, 2.45) is 0 Å². The van der Waals surface area contributed by atoms with Gasteiger partial charge in [-0.25, -0.2) is 4.39 Å². The first kappa shape index (κ1) is 11.7. The summed E-state index contributed by atoms with van der Waals surface area (Å²) in [4.78, 5) is 0. The highest BCUT2D eigenvalue weighted by Gasteiger charge is 1.97. The smallest absolute Gasteiger partial charge is 0.171 e. The quantitative estimate of drug-likeness (QED) is 0.609. The lowest BCUT2D eigenvalue weighted by Crippen LogP contribution is -2.29. The van der Waals surface area contributed by atoms with Gasteiger partial charge in [-0.15, -0.1) is 0 Å². The van der Waals surface area contributed by atoms with Gasteiger partial charge in [0.25, 0.3) is 0 Å². The molecule has 0 spiro atoms. The first-order valence-electron chi connectivity index (χ1n) is 4.53. The van der Waals surface area contributed by atoms with E-state index in [1.807, 2.05) is 6.92 Å². The minimum absolute atomic E-state index is 0.263. The Morgan fingerprint density at radius 2 is 2.00 bits per heavy atom. The minimum atomic E-state index is -0.263. The number of nitrogens with one attached hydrogen (secondary N) is 2. The summed E-state index contributed by atoms with van der Waals surface area (Å²) < 4.78 is 12.6. The van der Waals surface area contributed by atoms with Crippen molar-refractivity contribution in [3.63, 3.8) is 0 Å². The van der Waals surface area contributed by atoms with Gasteiger partial charge in [0.1, 0.15) is 5.82 Å². The molecule has 0 atom stereocenters. The monoisotopic (exact) mass is 224 g/mol. The molecule has 4 heteroatoms. The molecule has 0 aliphatic heterocycles. The van der Waals surface area contributed by atoms with Crippen LogP contribution in [0.4, 0.5) is 10.1 Å². The molecule has 0 bridgehead atoms.